The van der Waals surface area contributed by atoms with Gasteiger partial charge in [-0.25, -0.2) is 9.97 Å². The molecule has 0 aliphatic rings. The maximum atomic E-state index is 12.8. The molecule has 0 atom stereocenters. The highest BCUT2D eigenvalue weighted by molar-refractivity contribution is 6.00. The van der Waals surface area contributed by atoms with Gasteiger partial charge in [-0.15, -0.1) is 0 Å². The van der Waals surface area contributed by atoms with E-state index < -0.39 is 11.7 Å². The topological polar surface area (TPSA) is 43.1 Å². The zero-order chi connectivity index (χ0) is 17.2. The fraction of sp³-hybridized carbons (Fsp3) is 0.438. The Morgan fingerprint density at radius 3 is 2.57 bits per heavy atom. The molecule has 7 heteroatoms. The van der Waals surface area contributed by atoms with Gasteiger partial charge in [0.1, 0.15) is 5.52 Å². The summed E-state index contributed by atoms with van der Waals surface area (Å²) in [5, 5.41) is 0. The first-order valence-corrected chi connectivity index (χ1v) is 7.40. The molecule has 2 heterocycles. The molecule has 0 radical (unpaired) electrons. The summed E-state index contributed by atoms with van der Waals surface area (Å²) < 4.78 is 40.0. The van der Waals surface area contributed by atoms with Gasteiger partial charge in [0, 0.05) is 19.4 Å². The van der Waals surface area contributed by atoms with Crippen LogP contribution < -0.4 is 0 Å². The number of hydrogen-bond donors (Lipinski definition) is 0. The molecule has 124 valence electrons. The van der Waals surface area contributed by atoms with Crippen LogP contribution in [0.15, 0.2) is 29.0 Å². The number of hydrogen-bond acceptors (Lipinski definition) is 3. The zero-order valence-corrected chi connectivity index (χ0v) is 13.6. The average molecular weight is 324 g/mol. The predicted octanol–water partition coefficient (Wildman–Crippen LogP) is 4.50. The van der Waals surface area contributed by atoms with Crippen molar-refractivity contribution in [2.75, 3.05) is 0 Å². The van der Waals surface area contributed by atoms with E-state index in [-0.39, 0.29) is 5.52 Å². The van der Waals surface area contributed by atoms with Gasteiger partial charge in [-0.05, 0) is 25.8 Å². The minimum Gasteiger partial charge on any atom is -0.311 e. The van der Waals surface area contributed by atoms with Crippen molar-refractivity contribution >= 4 is 16.9 Å². The number of aromatic nitrogens is 3. The molecule has 2 aromatic rings. The Labute approximate surface area is 132 Å². The maximum Gasteiger partial charge on any atom is 0.417 e. The molecule has 4 nitrogen and oxygen atoms in total. The van der Waals surface area contributed by atoms with Crippen molar-refractivity contribution in [2.24, 2.45) is 12.0 Å². The highest BCUT2D eigenvalue weighted by Crippen LogP contribution is 2.30. The Hall–Kier alpha value is -2.18. The smallest absolute Gasteiger partial charge is 0.311 e. The van der Waals surface area contributed by atoms with E-state index in [0.717, 1.165) is 24.3 Å². The second kappa shape index (κ2) is 6.52. The number of fused-ring (bicyclic) bond motifs is 1. The molecule has 0 aliphatic heterocycles. The van der Waals surface area contributed by atoms with Gasteiger partial charge in [-0.2, -0.15) is 13.2 Å². The number of aryl methyl sites for hydroxylation is 1. The van der Waals surface area contributed by atoms with Crippen LogP contribution in [0.4, 0.5) is 13.2 Å². The Morgan fingerprint density at radius 1 is 1.30 bits per heavy atom. The average Bonchev–Trinajstić information content (AvgIpc) is 2.83. The molecule has 0 saturated carbocycles. The summed E-state index contributed by atoms with van der Waals surface area (Å²) in [6.07, 6.45) is -0.317. The van der Waals surface area contributed by atoms with Crippen molar-refractivity contribution in [3.63, 3.8) is 0 Å². The third-order valence-corrected chi connectivity index (χ3v) is 3.63. The van der Waals surface area contributed by atoms with Gasteiger partial charge in [0.2, 0.25) is 0 Å². The van der Waals surface area contributed by atoms with Crippen LogP contribution in [0.3, 0.4) is 0 Å². The van der Waals surface area contributed by atoms with Crippen LogP contribution >= 0.6 is 0 Å². The lowest BCUT2D eigenvalue weighted by atomic mass is 10.2. The number of pyridine rings is 1. The summed E-state index contributed by atoms with van der Waals surface area (Å²) in [7, 11) is 1.73. The second-order valence-corrected chi connectivity index (χ2v) is 5.32. The monoisotopic (exact) mass is 324 g/mol. The second-order valence-electron chi connectivity index (χ2n) is 5.32. The van der Waals surface area contributed by atoms with Gasteiger partial charge in [0.25, 0.3) is 0 Å². The number of allylic oxidation sites excluding steroid dienone is 1. The standard InChI is InChI=1S/C16H19F3N4/c1-5-10(3)8-20-12(6-2)15-22-13-7-11(16(17,18)19)9-21-14(13)23(15)4/h7-9H,5-6H2,1-4H3/b10-8+,20-12?. The predicted molar refractivity (Wildman–Crippen MR) is 84.4 cm³/mol. The van der Waals surface area contributed by atoms with Crippen molar-refractivity contribution in [3.05, 3.63) is 35.4 Å². The summed E-state index contributed by atoms with van der Waals surface area (Å²) in [5.41, 5.74) is 1.66. The molecule has 2 aromatic heterocycles. The number of nitrogens with zero attached hydrogens (tertiary/aromatic N) is 4. The number of imidazole rings is 1. The van der Waals surface area contributed by atoms with Gasteiger partial charge < -0.3 is 4.57 Å². The van der Waals surface area contributed by atoms with Gasteiger partial charge in [-0.1, -0.05) is 19.4 Å². The SMILES string of the molecule is CCC(=N/C=C(\C)CC)c1nc2cc(C(F)(F)F)cnc2n1C. The minimum absolute atomic E-state index is 0.217. The quantitative estimate of drug-likeness (QED) is 0.777. The molecule has 0 aliphatic carbocycles. The first kappa shape index (κ1) is 17.2. The third kappa shape index (κ3) is 3.60. The first-order valence-electron chi connectivity index (χ1n) is 7.40. The summed E-state index contributed by atoms with van der Waals surface area (Å²) >= 11 is 0. The third-order valence-electron chi connectivity index (χ3n) is 3.63. The molecule has 0 fully saturated rings. The minimum atomic E-state index is -4.43. The maximum absolute atomic E-state index is 12.8. The molecular formula is C16H19F3N4. The van der Waals surface area contributed by atoms with Crippen LogP contribution in [-0.2, 0) is 13.2 Å². The van der Waals surface area contributed by atoms with Crippen LogP contribution in [0.25, 0.3) is 11.2 Å². The van der Waals surface area contributed by atoms with Crippen LogP contribution in [0, 0.1) is 0 Å². The van der Waals surface area contributed by atoms with Crippen molar-refractivity contribution in [3.8, 4) is 0 Å². The normalized spacial score (nSPS) is 13.9. The molecule has 2 rings (SSSR count). The van der Waals surface area contributed by atoms with Crippen molar-refractivity contribution < 1.29 is 13.2 Å². The summed E-state index contributed by atoms with van der Waals surface area (Å²) in [6.45, 7) is 5.94. The molecular weight excluding hydrogens is 305 g/mol. The van der Waals surface area contributed by atoms with Crippen LogP contribution in [-0.4, -0.2) is 20.2 Å². The Bertz CT molecular complexity index is 769. The van der Waals surface area contributed by atoms with E-state index >= 15 is 0 Å². The van der Waals surface area contributed by atoms with E-state index in [2.05, 4.69) is 15.0 Å². The Balaban J connectivity index is 2.55. The molecule has 0 aromatic carbocycles. The highest BCUT2D eigenvalue weighted by atomic mass is 19.4. The molecule has 0 amide bonds. The number of halogens is 3. The lowest BCUT2D eigenvalue weighted by molar-refractivity contribution is -0.137. The summed E-state index contributed by atoms with van der Waals surface area (Å²) in [4.78, 5) is 12.6. The molecule has 0 saturated heterocycles. The number of rotatable bonds is 4. The highest BCUT2D eigenvalue weighted by Gasteiger charge is 2.31. The summed E-state index contributed by atoms with van der Waals surface area (Å²) in [6, 6.07) is 1.02. The lowest BCUT2D eigenvalue weighted by Crippen LogP contribution is -2.08. The number of aliphatic imine (C=N–C) groups is 1. The molecule has 0 bridgehead atoms. The summed E-state index contributed by atoms with van der Waals surface area (Å²) in [5.74, 6) is 0.537. The van der Waals surface area contributed by atoms with E-state index in [1.807, 2.05) is 20.8 Å². The largest absolute Gasteiger partial charge is 0.417 e. The Morgan fingerprint density at radius 2 is 2.00 bits per heavy atom. The van der Waals surface area contributed by atoms with Crippen LogP contribution in [0.1, 0.15) is 45.0 Å². The molecule has 23 heavy (non-hydrogen) atoms. The fourth-order valence-electron chi connectivity index (χ4n) is 2.08. The van der Waals surface area contributed by atoms with E-state index in [4.69, 9.17) is 0 Å². The van der Waals surface area contributed by atoms with Crippen molar-refractivity contribution in [2.45, 2.75) is 39.8 Å². The van der Waals surface area contributed by atoms with Gasteiger partial charge in [-0.3, -0.25) is 4.99 Å². The van der Waals surface area contributed by atoms with E-state index in [1.165, 1.54) is 0 Å². The van der Waals surface area contributed by atoms with Gasteiger partial charge >= 0.3 is 6.18 Å². The number of alkyl halides is 3. The lowest BCUT2D eigenvalue weighted by Gasteiger charge is -2.05. The Kier molecular flexibility index (Phi) is 4.87. The van der Waals surface area contributed by atoms with Gasteiger partial charge in [0.15, 0.2) is 11.5 Å². The molecule has 0 spiro atoms. The van der Waals surface area contributed by atoms with E-state index in [1.54, 1.807) is 17.8 Å². The van der Waals surface area contributed by atoms with Crippen molar-refractivity contribution in [1.29, 1.82) is 0 Å². The van der Waals surface area contributed by atoms with Crippen molar-refractivity contribution in [1.82, 2.24) is 14.5 Å². The first-order chi connectivity index (χ1) is 10.8. The van der Waals surface area contributed by atoms with E-state index in [9.17, 15) is 13.2 Å². The van der Waals surface area contributed by atoms with E-state index in [0.29, 0.717) is 23.6 Å². The van der Waals surface area contributed by atoms with Crippen LogP contribution in [0.5, 0.6) is 0 Å². The fourth-order valence-corrected chi connectivity index (χ4v) is 2.08. The molecule has 0 N–H and O–H groups in total. The van der Waals surface area contributed by atoms with Crippen LogP contribution in [0.2, 0.25) is 0 Å². The zero-order valence-electron chi connectivity index (χ0n) is 13.6. The molecule has 0 unspecified atom stereocenters. The van der Waals surface area contributed by atoms with Gasteiger partial charge in [0.05, 0.1) is 11.3 Å².